The smallest absolute Gasteiger partial charge is 0.315 e. The lowest BCUT2D eigenvalue weighted by atomic mass is 9.33. The highest BCUT2D eigenvalue weighted by Gasteiger charge is 2.72. The van der Waals surface area contributed by atoms with E-state index in [0.717, 1.165) is 5.57 Å². The van der Waals surface area contributed by atoms with Crippen molar-refractivity contribution in [2.75, 3.05) is 39.6 Å². The molecule has 0 unspecified atom stereocenters. The third-order valence-corrected chi connectivity index (χ3v) is 22.5. The van der Waals surface area contributed by atoms with E-state index in [2.05, 4.69) is 40.7 Å². The average molecular weight is 1190 g/mol. The van der Waals surface area contributed by atoms with E-state index >= 15 is 4.79 Å². The van der Waals surface area contributed by atoms with E-state index in [4.69, 9.17) is 47.4 Å². The predicted octanol–water partition coefficient (Wildman–Crippen LogP) is -3.32. The van der Waals surface area contributed by atoms with Gasteiger partial charge in [-0.1, -0.05) is 53.2 Å². The summed E-state index contributed by atoms with van der Waals surface area (Å²) in [5, 5.41) is 163. The molecule has 10 rings (SSSR count). The molecule has 5 heterocycles. The molecule has 4 saturated carbocycles. The van der Waals surface area contributed by atoms with Gasteiger partial charge in [-0.05, 0) is 104 Å². The number of aliphatic hydroxyl groups is 15. The van der Waals surface area contributed by atoms with Crippen molar-refractivity contribution in [3.63, 3.8) is 0 Å². The lowest BCUT2D eigenvalue weighted by Crippen LogP contribution is -2.69. The molecule has 5 aliphatic carbocycles. The molecular weight excluding hydrogens is 1100 g/mol. The van der Waals surface area contributed by atoms with E-state index in [1.54, 1.807) is 0 Å². The first-order chi connectivity index (χ1) is 38.9. The molecule has 0 spiro atoms. The fraction of sp³-hybridized carbons (Fsp3) is 0.947. The molecule has 26 nitrogen and oxygen atoms in total. The summed E-state index contributed by atoms with van der Waals surface area (Å²) in [6.07, 6.45) is -27.0. The number of esters is 1. The maximum Gasteiger partial charge on any atom is 0.315 e. The second-order valence-electron chi connectivity index (χ2n) is 27.9. The van der Waals surface area contributed by atoms with Crippen LogP contribution in [0.2, 0.25) is 0 Å². The summed E-state index contributed by atoms with van der Waals surface area (Å²) < 4.78 is 59.0. The van der Waals surface area contributed by atoms with Gasteiger partial charge in [0.25, 0.3) is 0 Å². The Labute approximate surface area is 482 Å². The van der Waals surface area contributed by atoms with E-state index in [1.165, 1.54) is 6.92 Å². The van der Waals surface area contributed by atoms with Crippen LogP contribution in [0.5, 0.6) is 0 Å². The lowest BCUT2D eigenvalue weighted by Gasteiger charge is -2.72. The van der Waals surface area contributed by atoms with Crippen molar-refractivity contribution < 1.29 is 129 Å². The normalized spacial score (nSPS) is 55.3. The van der Waals surface area contributed by atoms with Gasteiger partial charge in [0.2, 0.25) is 6.29 Å². The number of hydrogen-bond donors (Lipinski definition) is 15. The van der Waals surface area contributed by atoms with Gasteiger partial charge >= 0.3 is 5.97 Å². The number of carbonyl (C=O) groups excluding carboxylic acids is 1. The minimum Gasteiger partial charge on any atom is -0.432 e. The molecular formula is C57H92O26. The molecule has 31 atom stereocenters. The van der Waals surface area contributed by atoms with Gasteiger partial charge in [-0.25, -0.2) is 0 Å². The van der Waals surface area contributed by atoms with Crippen molar-refractivity contribution in [1.82, 2.24) is 0 Å². The predicted molar refractivity (Wildman–Crippen MR) is 279 cm³/mol. The zero-order valence-electron chi connectivity index (χ0n) is 48.3. The molecule has 0 bridgehead atoms. The van der Waals surface area contributed by atoms with Gasteiger partial charge in [0, 0.05) is 5.41 Å². The Balaban J connectivity index is 0.857. The summed E-state index contributed by atoms with van der Waals surface area (Å²) in [5.41, 5.74) is -4.81. The summed E-state index contributed by atoms with van der Waals surface area (Å²) in [4.78, 5) is 15.3. The van der Waals surface area contributed by atoms with E-state index < -0.39 is 207 Å². The fourth-order valence-electron chi connectivity index (χ4n) is 17.3. The van der Waals surface area contributed by atoms with E-state index in [9.17, 15) is 76.6 Å². The van der Waals surface area contributed by atoms with Crippen molar-refractivity contribution in [3.8, 4) is 0 Å². The number of rotatable bonds is 13. The Morgan fingerprint density at radius 1 is 0.602 bits per heavy atom. The fourth-order valence-corrected chi connectivity index (χ4v) is 17.3. The van der Waals surface area contributed by atoms with E-state index in [1.807, 2.05) is 6.92 Å². The van der Waals surface area contributed by atoms with Crippen LogP contribution in [0.1, 0.15) is 106 Å². The molecule has 0 radical (unpaired) electrons. The van der Waals surface area contributed by atoms with Gasteiger partial charge in [-0.3, -0.25) is 4.79 Å². The highest BCUT2D eigenvalue weighted by atomic mass is 16.8. The lowest BCUT2D eigenvalue weighted by molar-refractivity contribution is -0.368. The third kappa shape index (κ3) is 10.5. The van der Waals surface area contributed by atoms with Crippen LogP contribution in [-0.4, -0.2) is 263 Å². The third-order valence-electron chi connectivity index (χ3n) is 22.5. The van der Waals surface area contributed by atoms with Crippen molar-refractivity contribution in [1.29, 1.82) is 0 Å². The Morgan fingerprint density at radius 3 is 1.86 bits per heavy atom. The Morgan fingerprint density at radius 2 is 1.20 bits per heavy atom. The average Bonchev–Trinajstić information content (AvgIpc) is 1.03. The van der Waals surface area contributed by atoms with E-state index in [-0.39, 0.29) is 36.2 Å². The number of aliphatic hydroxyl groups excluding tert-OH is 14. The van der Waals surface area contributed by atoms with Crippen LogP contribution in [0, 0.1) is 50.2 Å². The first-order valence-corrected chi connectivity index (χ1v) is 29.6. The van der Waals surface area contributed by atoms with Gasteiger partial charge in [0.1, 0.15) is 85.0 Å². The zero-order chi connectivity index (χ0) is 60.5. The summed E-state index contributed by atoms with van der Waals surface area (Å²) >= 11 is 0. The Bertz CT molecular complexity index is 2330. The van der Waals surface area contributed by atoms with Crippen LogP contribution in [0.3, 0.4) is 0 Å². The summed E-state index contributed by atoms with van der Waals surface area (Å²) in [6, 6.07) is 0. The second-order valence-corrected chi connectivity index (χ2v) is 27.9. The topological polar surface area (TPSA) is 413 Å². The van der Waals surface area contributed by atoms with Crippen molar-refractivity contribution >= 4 is 5.97 Å². The first-order valence-electron chi connectivity index (χ1n) is 29.6. The number of ether oxygens (including phenoxy) is 10. The molecule has 476 valence electrons. The Hall–Kier alpha value is -1.75. The van der Waals surface area contributed by atoms with Gasteiger partial charge < -0.3 is 124 Å². The standard InChI is InChI=1S/C57H92O26/c1-24-40(79-45-37(68)33(64)28(62)19-74-45)35(66)38(69)46(77-24)81-42-34(65)29(63)20-75-48(42)83-50(72)56-14-12-51(2,3)16-26(56)25-8-9-32-52(4)17-27(61)44(53(5,21-59)31(52)10-11-55(32,7)54(25,6)13-15-56)82-47-39(70)36(67)41(30(18-58)78-47)80-49-43(71)57(73,22-60)23-76-49/h8,24,26-49,58-71,73H,9-23H2,1-7H3/t24-,26-,27-,28+,29-,30+,31+,32+,33-,34+,35+,36-,37+,38+,39+,40-,41+,42-,43-,44-,45-,46-,47-,48+,49-,52-,53-,54+,55+,56-,57+/m0/s1. The molecule has 0 amide bonds. The van der Waals surface area contributed by atoms with Gasteiger partial charge in [0.15, 0.2) is 31.3 Å². The minimum absolute atomic E-state index is 0.0531. The van der Waals surface area contributed by atoms with Crippen LogP contribution < -0.4 is 0 Å². The van der Waals surface area contributed by atoms with Crippen LogP contribution in [0.4, 0.5) is 0 Å². The maximum atomic E-state index is 15.3. The van der Waals surface area contributed by atoms with Crippen LogP contribution in [-0.2, 0) is 52.2 Å². The van der Waals surface area contributed by atoms with Crippen molar-refractivity contribution in [3.05, 3.63) is 11.6 Å². The summed E-state index contributed by atoms with van der Waals surface area (Å²) in [5.74, 6) is -1.20. The quantitative estimate of drug-likeness (QED) is 0.0487. The van der Waals surface area contributed by atoms with Gasteiger partial charge in [-0.2, -0.15) is 0 Å². The molecule has 83 heavy (non-hydrogen) atoms. The first kappa shape index (κ1) is 64.2. The molecule has 0 aromatic heterocycles. The molecule has 15 N–H and O–H groups in total. The molecule has 26 heteroatoms. The molecule has 10 aliphatic rings. The minimum atomic E-state index is -2.05. The zero-order valence-corrected chi connectivity index (χ0v) is 48.3. The number of hydrogen-bond acceptors (Lipinski definition) is 26. The molecule has 5 aliphatic heterocycles. The number of fused-ring (bicyclic) bond motifs is 7. The monoisotopic (exact) mass is 1190 g/mol. The maximum absolute atomic E-state index is 15.3. The largest absolute Gasteiger partial charge is 0.432 e. The van der Waals surface area contributed by atoms with Crippen molar-refractivity contribution in [2.24, 2.45) is 50.2 Å². The summed E-state index contributed by atoms with van der Waals surface area (Å²) in [7, 11) is 0. The van der Waals surface area contributed by atoms with Crippen LogP contribution in [0.15, 0.2) is 11.6 Å². The number of allylic oxidation sites excluding steroid dienone is 2. The SMILES string of the molecule is C[C@@H]1O[C@@H](O[C@@H]2[C@@H](OC(=O)[C@]34CCC(C)(C)C[C@H]3C3=CC[C@@H]5[C@@]6(C)C[C@H](O)[C@H](O[C@@H]7O[C@H](CO)[C@@H](O[C@@H]8OC[C@](O)(CO)[C@H]8O)[C@@H](O)[C@H]7O)[C@@](C)(CO)[C@@H]6CC[C@@]5(C)[C@]3(C)CC4)OC[C@H](O)[C@H]2O)[C@H](O)[C@@H](O)[C@H]1O[C@@H]1OC[C@@H](O)[C@H](O)[C@H]1O. The summed E-state index contributed by atoms with van der Waals surface area (Å²) in [6.45, 7) is 11.1. The Kier molecular flexibility index (Phi) is 18.0. The van der Waals surface area contributed by atoms with Crippen LogP contribution in [0.25, 0.3) is 0 Å². The number of carbonyl (C=O) groups is 1. The second kappa shape index (κ2) is 23.2. The highest BCUT2D eigenvalue weighted by molar-refractivity contribution is 5.79. The van der Waals surface area contributed by atoms with Crippen LogP contribution >= 0.6 is 0 Å². The van der Waals surface area contributed by atoms with Crippen molar-refractivity contribution in [2.45, 2.75) is 247 Å². The molecule has 0 aromatic carbocycles. The molecule has 9 fully saturated rings. The van der Waals surface area contributed by atoms with Gasteiger partial charge in [0.05, 0.1) is 63.4 Å². The van der Waals surface area contributed by atoms with Gasteiger partial charge in [-0.15, -0.1) is 0 Å². The molecule has 5 saturated heterocycles. The molecule has 0 aromatic rings. The highest BCUT2D eigenvalue weighted by Crippen LogP contribution is 2.76. The van der Waals surface area contributed by atoms with E-state index in [0.29, 0.717) is 51.4 Å².